The summed E-state index contributed by atoms with van der Waals surface area (Å²) >= 11 is 0. The van der Waals surface area contributed by atoms with Gasteiger partial charge in [-0.2, -0.15) is 10.2 Å². The predicted molar refractivity (Wildman–Crippen MR) is 73.7 cm³/mol. The van der Waals surface area contributed by atoms with E-state index in [1.165, 1.54) is 0 Å². The maximum absolute atomic E-state index is 6.30. The molecule has 3 aromatic rings. The van der Waals surface area contributed by atoms with Crippen LogP contribution in [-0.4, -0.2) is 19.4 Å². The highest BCUT2D eigenvalue weighted by Gasteiger charge is 2.13. The van der Waals surface area contributed by atoms with Gasteiger partial charge in [-0.1, -0.05) is 6.07 Å². The van der Waals surface area contributed by atoms with Gasteiger partial charge in [0.05, 0.1) is 17.9 Å². The molecule has 0 aliphatic heterocycles. The summed E-state index contributed by atoms with van der Waals surface area (Å²) in [6.45, 7) is 2.95. The third-order valence-corrected chi connectivity index (χ3v) is 3.32. The molecule has 0 aromatic carbocycles. The van der Waals surface area contributed by atoms with Gasteiger partial charge in [0.15, 0.2) is 0 Å². The fourth-order valence-electron chi connectivity index (χ4n) is 2.29. The van der Waals surface area contributed by atoms with E-state index < -0.39 is 0 Å². The number of hydrogen-bond donors (Lipinski definition) is 1. The summed E-state index contributed by atoms with van der Waals surface area (Å²) in [6, 6.07) is 5.94. The smallest absolute Gasteiger partial charge is 0.0709 e. The minimum absolute atomic E-state index is 0.0607. The first-order valence-corrected chi connectivity index (χ1v) is 6.47. The molecule has 0 radical (unpaired) electrons. The van der Waals surface area contributed by atoms with Gasteiger partial charge in [0, 0.05) is 30.5 Å². The van der Waals surface area contributed by atoms with Crippen molar-refractivity contribution in [1.82, 2.24) is 19.4 Å². The summed E-state index contributed by atoms with van der Waals surface area (Å²) in [6.07, 6.45) is 8.49. The third kappa shape index (κ3) is 2.24. The number of pyridine rings is 1. The first kappa shape index (κ1) is 11.9. The average Bonchev–Trinajstić information content (AvgIpc) is 3.04. The van der Waals surface area contributed by atoms with Crippen LogP contribution in [0.2, 0.25) is 0 Å². The molecule has 5 heteroatoms. The van der Waals surface area contributed by atoms with Crippen molar-refractivity contribution < 1.29 is 0 Å². The molecule has 2 N–H and O–H groups in total. The number of hydrogen-bond acceptors (Lipinski definition) is 3. The van der Waals surface area contributed by atoms with Gasteiger partial charge in [0.2, 0.25) is 0 Å². The Morgan fingerprint density at radius 3 is 2.95 bits per heavy atom. The second-order valence-electron chi connectivity index (χ2n) is 4.65. The van der Waals surface area contributed by atoms with E-state index in [4.69, 9.17) is 5.73 Å². The SMILES string of the molecule is CCn1cc(CC(N)c2cnn3ccccc23)cn1. The third-order valence-electron chi connectivity index (χ3n) is 3.32. The molecular formula is C14H17N5. The molecule has 0 saturated heterocycles. The molecule has 3 rings (SSSR count). The van der Waals surface area contributed by atoms with Crippen LogP contribution in [0.15, 0.2) is 43.0 Å². The fourth-order valence-corrected chi connectivity index (χ4v) is 2.29. The summed E-state index contributed by atoms with van der Waals surface area (Å²) in [5, 5.41) is 8.59. The highest BCUT2D eigenvalue weighted by Crippen LogP contribution is 2.20. The summed E-state index contributed by atoms with van der Waals surface area (Å²) in [4.78, 5) is 0. The molecular weight excluding hydrogens is 238 g/mol. The van der Waals surface area contributed by atoms with Crippen LogP contribution in [0.25, 0.3) is 5.52 Å². The Morgan fingerprint density at radius 2 is 2.16 bits per heavy atom. The maximum atomic E-state index is 6.30. The van der Waals surface area contributed by atoms with Gasteiger partial charge in [0.25, 0.3) is 0 Å². The molecule has 0 spiro atoms. The van der Waals surface area contributed by atoms with E-state index in [-0.39, 0.29) is 6.04 Å². The number of rotatable bonds is 4. The van der Waals surface area contributed by atoms with Crippen LogP contribution in [0, 0.1) is 0 Å². The average molecular weight is 255 g/mol. The van der Waals surface area contributed by atoms with E-state index in [9.17, 15) is 0 Å². The largest absolute Gasteiger partial charge is 0.324 e. The lowest BCUT2D eigenvalue weighted by Gasteiger charge is -2.08. The van der Waals surface area contributed by atoms with Gasteiger partial charge in [-0.05, 0) is 31.0 Å². The van der Waals surface area contributed by atoms with Crippen molar-refractivity contribution in [2.45, 2.75) is 25.9 Å². The molecule has 19 heavy (non-hydrogen) atoms. The first-order chi connectivity index (χ1) is 9.28. The minimum atomic E-state index is -0.0607. The summed E-state index contributed by atoms with van der Waals surface area (Å²) < 4.78 is 3.77. The Hall–Kier alpha value is -2.14. The molecule has 1 unspecified atom stereocenters. The van der Waals surface area contributed by atoms with Crippen LogP contribution >= 0.6 is 0 Å². The second-order valence-corrected chi connectivity index (χ2v) is 4.65. The van der Waals surface area contributed by atoms with Crippen LogP contribution in [0.1, 0.15) is 24.1 Å². The van der Waals surface area contributed by atoms with Crippen LogP contribution < -0.4 is 5.73 Å². The molecule has 0 aliphatic carbocycles. The Kier molecular flexibility index (Phi) is 3.05. The number of nitrogens with zero attached hydrogens (tertiary/aromatic N) is 4. The molecule has 98 valence electrons. The Balaban J connectivity index is 1.85. The molecule has 3 heterocycles. The van der Waals surface area contributed by atoms with E-state index in [1.807, 2.05) is 52.2 Å². The standard InChI is InChI=1S/C14H17N5/c1-2-18-10-11(8-16-18)7-13(15)12-9-17-19-6-4-3-5-14(12)19/h3-6,8-10,13H,2,7,15H2,1H3. The van der Waals surface area contributed by atoms with E-state index >= 15 is 0 Å². The van der Waals surface area contributed by atoms with Gasteiger partial charge in [0.1, 0.15) is 0 Å². The van der Waals surface area contributed by atoms with Crippen molar-refractivity contribution in [2.75, 3.05) is 0 Å². The van der Waals surface area contributed by atoms with Gasteiger partial charge in [-0.25, -0.2) is 4.52 Å². The number of aryl methyl sites for hydroxylation is 1. The Morgan fingerprint density at radius 1 is 1.26 bits per heavy atom. The highest BCUT2D eigenvalue weighted by molar-refractivity contribution is 5.54. The lowest BCUT2D eigenvalue weighted by molar-refractivity contribution is 0.657. The van der Waals surface area contributed by atoms with Gasteiger partial charge >= 0.3 is 0 Å². The molecule has 3 aromatic heterocycles. The van der Waals surface area contributed by atoms with E-state index in [0.717, 1.165) is 29.6 Å². The molecule has 0 bridgehead atoms. The van der Waals surface area contributed by atoms with Crippen LogP contribution in [-0.2, 0) is 13.0 Å². The topological polar surface area (TPSA) is 61.1 Å². The normalized spacial score (nSPS) is 12.9. The fraction of sp³-hybridized carbons (Fsp3) is 0.286. The first-order valence-electron chi connectivity index (χ1n) is 6.47. The minimum Gasteiger partial charge on any atom is -0.324 e. The zero-order valence-electron chi connectivity index (χ0n) is 10.9. The van der Waals surface area contributed by atoms with E-state index in [1.54, 1.807) is 0 Å². The molecule has 1 atom stereocenters. The second kappa shape index (κ2) is 4.85. The lowest BCUT2D eigenvalue weighted by atomic mass is 10.0. The van der Waals surface area contributed by atoms with Crippen LogP contribution in [0.3, 0.4) is 0 Å². The van der Waals surface area contributed by atoms with Crippen LogP contribution in [0.4, 0.5) is 0 Å². The summed E-state index contributed by atoms with van der Waals surface area (Å²) in [7, 11) is 0. The number of aromatic nitrogens is 4. The molecule has 0 aliphatic rings. The van der Waals surface area contributed by atoms with E-state index in [0.29, 0.717) is 0 Å². The zero-order valence-corrected chi connectivity index (χ0v) is 10.9. The Labute approximate surface area is 111 Å². The van der Waals surface area contributed by atoms with Crippen molar-refractivity contribution >= 4 is 5.52 Å². The number of fused-ring (bicyclic) bond motifs is 1. The van der Waals surface area contributed by atoms with Gasteiger partial charge < -0.3 is 5.73 Å². The van der Waals surface area contributed by atoms with Crippen molar-refractivity contribution in [3.63, 3.8) is 0 Å². The molecule has 5 nitrogen and oxygen atoms in total. The lowest BCUT2D eigenvalue weighted by Crippen LogP contribution is -2.12. The Bertz CT molecular complexity index is 682. The van der Waals surface area contributed by atoms with Gasteiger partial charge in [-0.3, -0.25) is 4.68 Å². The highest BCUT2D eigenvalue weighted by atomic mass is 15.3. The van der Waals surface area contributed by atoms with Crippen molar-refractivity contribution in [3.8, 4) is 0 Å². The van der Waals surface area contributed by atoms with E-state index in [2.05, 4.69) is 17.1 Å². The predicted octanol–water partition coefficient (Wildman–Crippen LogP) is 1.79. The van der Waals surface area contributed by atoms with Crippen LogP contribution in [0.5, 0.6) is 0 Å². The summed E-state index contributed by atoms with van der Waals surface area (Å²) in [5.74, 6) is 0. The summed E-state index contributed by atoms with van der Waals surface area (Å²) in [5.41, 5.74) is 9.60. The maximum Gasteiger partial charge on any atom is 0.0709 e. The molecule has 0 fully saturated rings. The van der Waals surface area contributed by atoms with Crippen molar-refractivity contribution in [2.24, 2.45) is 5.73 Å². The monoisotopic (exact) mass is 255 g/mol. The quantitative estimate of drug-likeness (QED) is 0.773. The zero-order chi connectivity index (χ0) is 13.2. The van der Waals surface area contributed by atoms with Crippen molar-refractivity contribution in [3.05, 3.63) is 54.1 Å². The molecule has 0 saturated carbocycles. The van der Waals surface area contributed by atoms with Crippen molar-refractivity contribution in [1.29, 1.82) is 0 Å². The number of nitrogens with two attached hydrogens (primary N) is 1. The molecule has 0 amide bonds. The van der Waals surface area contributed by atoms with Gasteiger partial charge in [-0.15, -0.1) is 0 Å².